The third-order valence-electron chi connectivity index (χ3n) is 5.27. The SMILES string of the molecule is O=C(O)CCCC(=O)Nc1nc2n(n1)[C@H](c1ccccc1Cl)C[C@@H](c1ccc(Cl)cc1)N2. The Labute approximate surface area is 194 Å². The first kappa shape index (κ1) is 22.1. The van der Waals surface area contributed by atoms with Gasteiger partial charge in [0.15, 0.2) is 0 Å². The van der Waals surface area contributed by atoms with Gasteiger partial charge in [-0.2, -0.15) is 4.98 Å². The van der Waals surface area contributed by atoms with Gasteiger partial charge in [0.05, 0.1) is 12.1 Å². The van der Waals surface area contributed by atoms with Gasteiger partial charge >= 0.3 is 5.97 Å². The maximum absolute atomic E-state index is 12.2. The number of aliphatic carboxylic acids is 1. The lowest BCUT2D eigenvalue weighted by atomic mass is 9.93. The molecule has 0 saturated heterocycles. The third kappa shape index (κ3) is 5.03. The summed E-state index contributed by atoms with van der Waals surface area (Å²) in [4.78, 5) is 27.3. The number of rotatable bonds is 7. The number of carboxylic acid groups (broad SMARTS) is 1. The number of hydrogen-bond donors (Lipinski definition) is 3. The molecule has 0 saturated carbocycles. The Balaban J connectivity index is 1.61. The standard InChI is InChI=1S/C22H21Cl2N5O3/c23-14-10-8-13(9-11-14)17-12-18(15-4-1-2-5-16(15)24)29-22(25-17)27-21(28-29)26-19(30)6-3-7-20(31)32/h1-2,4-5,8-11,17-18H,3,6-7,12H2,(H,31,32)(H2,25,26,27,28,30)/t17-,18-/m0/s1. The number of hydrogen-bond acceptors (Lipinski definition) is 5. The van der Waals surface area contributed by atoms with Crippen molar-refractivity contribution in [1.82, 2.24) is 14.8 Å². The van der Waals surface area contributed by atoms with Crippen LogP contribution in [0.3, 0.4) is 0 Å². The van der Waals surface area contributed by atoms with E-state index >= 15 is 0 Å². The molecule has 0 radical (unpaired) electrons. The van der Waals surface area contributed by atoms with Gasteiger partial charge in [0.2, 0.25) is 11.9 Å². The predicted molar refractivity (Wildman–Crippen MR) is 122 cm³/mol. The zero-order chi connectivity index (χ0) is 22.7. The highest BCUT2D eigenvalue weighted by atomic mass is 35.5. The molecule has 0 fully saturated rings. The molecule has 1 amide bonds. The number of anilines is 2. The molecule has 1 aliphatic heterocycles. The third-order valence-corrected chi connectivity index (χ3v) is 5.87. The Morgan fingerprint density at radius 3 is 2.59 bits per heavy atom. The average Bonchev–Trinajstić information content (AvgIpc) is 3.16. The molecule has 8 nitrogen and oxygen atoms in total. The van der Waals surface area contributed by atoms with Crippen molar-refractivity contribution >= 4 is 47.0 Å². The fourth-order valence-corrected chi connectivity index (χ4v) is 4.12. The number of nitrogens with zero attached hydrogens (tertiary/aromatic N) is 3. The van der Waals surface area contributed by atoms with E-state index in [1.54, 1.807) is 4.68 Å². The predicted octanol–water partition coefficient (Wildman–Crippen LogP) is 4.92. The van der Waals surface area contributed by atoms with Crippen LogP contribution in [0, 0.1) is 0 Å². The number of halogens is 2. The maximum Gasteiger partial charge on any atom is 0.303 e. The second-order valence-corrected chi connectivity index (χ2v) is 8.36. The number of nitrogens with one attached hydrogen (secondary N) is 2. The smallest absolute Gasteiger partial charge is 0.303 e. The van der Waals surface area contributed by atoms with Crippen molar-refractivity contribution in [3.8, 4) is 0 Å². The summed E-state index contributed by atoms with van der Waals surface area (Å²) >= 11 is 12.5. The van der Waals surface area contributed by atoms with Gasteiger partial charge in [-0.3, -0.25) is 14.9 Å². The molecule has 166 valence electrons. The topological polar surface area (TPSA) is 109 Å². The Kier molecular flexibility index (Phi) is 6.62. The lowest BCUT2D eigenvalue weighted by molar-refractivity contribution is -0.137. The van der Waals surface area contributed by atoms with Crippen LogP contribution in [0.5, 0.6) is 0 Å². The Morgan fingerprint density at radius 2 is 1.88 bits per heavy atom. The minimum atomic E-state index is -0.937. The van der Waals surface area contributed by atoms with Crippen molar-refractivity contribution in [2.24, 2.45) is 0 Å². The molecule has 0 unspecified atom stereocenters. The molecule has 4 rings (SSSR count). The Morgan fingerprint density at radius 1 is 1.12 bits per heavy atom. The summed E-state index contributed by atoms with van der Waals surface area (Å²) in [7, 11) is 0. The van der Waals surface area contributed by atoms with Crippen molar-refractivity contribution in [2.45, 2.75) is 37.8 Å². The van der Waals surface area contributed by atoms with Gasteiger partial charge in [0.1, 0.15) is 0 Å². The van der Waals surface area contributed by atoms with Gasteiger partial charge in [-0.05, 0) is 42.2 Å². The van der Waals surface area contributed by atoms with Gasteiger partial charge in [-0.25, -0.2) is 4.68 Å². The maximum atomic E-state index is 12.2. The van der Waals surface area contributed by atoms with E-state index in [1.165, 1.54) is 0 Å². The van der Waals surface area contributed by atoms with Gasteiger partial charge in [0, 0.05) is 22.9 Å². The molecular formula is C22H21Cl2N5O3. The minimum absolute atomic E-state index is 0.0654. The molecule has 3 N–H and O–H groups in total. The molecule has 2 heterocycles. The molecule has 0 bridgehead atoms. The van der Waals surface area contributed by atoms with Gasteiger partial charge in [-0.1, -0.05) is 53.5 Å². The molecule has 2 atom stereocenters. The summed E-state index contributed by atoms with van der Waals surface area (Å²) < 4.78 is 1.72. The average molecular weight is 474 g/mol. The summed E-state index contributed by atoms with van der Waals surface area (Å²) in [5, 5.41) is 20.5. The summed E-state index contributed by atoms with van der Waals surface area (Å²) in [6.07, 6.45) is 0.909. The number of fused-ring (bicyclic) bond motifs is 1. The highest BCUT2D eigenvalue weighted by Gasteiger charge is 2.32. The van der Waals surface area contributed by atoms with Crippen LogP contribution in [0.2, 0.25) is 10.0 Å². The molecule has 3 aromatic rings. The lowest BCUT2D eigenvalue weighted by Gasteiger charge is -2.32. The number of aromatic nitrogens is 3. The second kappa shape index (κ2) is 9.58. The van der Waals surface area contributed by atoms with Crippen LogP contribution >= 0.6 is 23.2 Å². The molecule has 2 aromatic carbocycles. The molecule has 0 aliphatic carbocycles. The fraction of sp³-hybridized carbons (Fsp3) is 0.273. The highest BCUT2D eigenvalue weighted by Crippen LogP contribution is 2.40. The number of carbonyl (C=O) groups is 2. The second-order valence-electron chi connectivity index (χ2n) is 7.52. The van der Waals surface area contributed by atoms with Crippen molar-refractivity contribution in [3.63, 3.8) is 0 Å². The largest absolute Gasteiger partial charge is 0.481 e. The fourth-order valence-electron chi connectivity index (χ4n) is 3.74. The summed E-state index contributed by atoms with van der Waals surface area (Å²) in [6.45, 7) is 0. The van der Waals surface area contributed by atoms with E-state index in [1.807, 2.05) is 48.5 Å². The molecule has 1 aliphatic rings. The normalized spacial score (nSPS) is 17.3. The first-order valence-electron chi connectivity index (χ1n) is 10.2. The van der Waals surface area contributed by atoms with Crippen LogP contribution in [0.25, 0.3) is 0 Å². The van der Waals surface area contributed by atoms with Crippen LogP contribution in [-0.2, 0) is 9.59 Å². The van der Waals surface area contributed by atoms with Crippen LogP contribution in [-0.4, -0.2) is 31.7 Å². The Hall–Kier alpha value is -3.10. The van der Waals surface area contributed by atoms with E-state index in [9.17, 15) is 9.59 Å². The molecule has 10 heteroatoms. The summed E-state index contributed by atoms with van der Waals surface area (Å²) in [6, 6.07) is 14.9. The molecule has 1 aromatic heterocycles. The van der Waals surface area contributed by atoms with E-state index in [-0.39, 0.29) is 43.2 Å². The van der Waals surface area contributed by atoms with E-state index < -0.39 is 5.97 Å². The zero-order valence-electron chi connectivity index (χ0n) is 17.0. The van der Waals surface area contributed by atoms with E-state index in [0.717, 1.165) is 11.1 Å². The van der Waals surface area contributed by atoms with Crippen LogP contribution in [0.1, 0.15) is 48.9 Å². The summed E-state index contributed by atoms with van der Waals surface area (Å²) in [5.41, 5.74) is 1.94. The molecular weight excluding hydrogens is 453 g/mol. The summed E-state index contributed by atoms with van der Waals surface area (Å²) in [5.74, 6) is -0.616. The van der Waals surface area contributed by atoms with Crippen LogP contribution in [0.15, 0.2) is 48.5 Å². The first-order valence-corrected chi connectivity index (χ1v) is 10.9. The molecule has 32 heavy (non-hydrogen) atoms. The van der Waals surface area contributed by atoms with Crippen LogP contribution < -0.4 is 10.6 Å². The minimum Gasteiger partial charge on any atom is -0.481 e. The van der Waals surface area contributed by atoms with Crippen molar-refractivity contribution < 1.29 is 14.7 Å². The van der Waals surface area contributed by atoms with Gasteiger partial charge in [-0.15, -0.1) is 5.10 Å². The van der Waals surface area contributed by atoms with Crippen molar-refractivity contribution in [2.75, 3.05) is 10.6 Å². The van der Waals surface area contributed by atoms with E-state index in [2.05, 4.69) is 20.7 Å². The number of amides is 1. The van der Waals surface area contributed by atoms with Gasteiger partial charge in [0.25, 0.3) is 5.95 Å². The van der Waals surface area contributed by atoms with E-state index in [0.29, 0.717) is 22.4 Å². The van der Waals surface area contributed by atoms with E-state index in [4.69, 9.17) is 28.3 Å². The highest BCUT2D eigenvalue weighted by molar-refractivity contribution is 6.31. The number of carbonyl (C=O) groups excluding carboxylic acids is 1. The van der Waals surface area contributed by atoms with Gasteiger partial charge < -0.3 is 10.4 Å². The zero-order valence-corrected chi connectivity index (χ0v) is 18.5. The quantitative estimate of drug-likeness (QED) is 0.448. The number of benzene rings is 2. The molecule has 0 spiro atoms. The lowest BCUT2D eigenvalue weighted by Crippen LogP contribution is -2.28. The van der Waals surface area contributed by atoms with Crippen molar-refractivity contribution in [3.05, 3.63) is 69.7 Å². The van der Waals surface area contributed by atoms with Crippen LogP contribution in [0.4, 0.5) is 11.9 Å². The van der Waals surface area contributed by atoms with Crippen molar-refractivity contribution in [1.29, 1.82) is 0 Å². The first-order chi connectivity index (χ1) is 15.4. The monoisotopic (exact) mass is 473 g/mol. The number of carboxylic acids is 1. The Bertz CT molecular complexity index is 1130.